The predicted octanol–water partition coefficient (Wildman–Crippen LogP) is 4.60. The number of ether oxygens (including phenoxy) is 1. The summed E-state index contributed by atoms with van der Waals surface area (Å²) >= 11 is 0. The Hall–Kier alpha value is -3.34. The average Bonchev–Trinajstić information content (AvgIpc) is 2.67. The topological polar surface area (TPSA) is 71.2 Å². The summed E-state index contributed by atoms with van der Waals surface area (Å²) in [5.41, 5.74) is 2.79. The van der Waals surface area contributed by atoms with Crippen molar-refractivity contribution in [2.75, 3.05) is 12.4 Å². The Bertz CT molecular complexity index is 1050. The molecule has 0 unspecified atom stereocenters. The molecule has 3 rings (SSSR count). The zero-order valence-corrected chi connectivity index (χ0v) is 16.5. The fourth-order valence-electron chi connectivity index (χ4n) is 3.09. The Morgan fingerprint density at radius 1 is 1.04 bits per heavy atom. The highest BCUT2D eigenvalue weighted by atomic mass is 16.5. The first-order chi connectivity index (χ1) is 13.3. The summed E-state index contributed by atoms with van der Waals surface area (Å²) in [6, 6.07) is 16.2. The van der Waals surface area contributed by atoms with E-state index in [1.807, 2.05) is 24.3 Å². The Morgan fingerprint density at radius 3 is 2.36 bits per heavy atom. The molecule has 0 saturated heterocycles. The predicted molar refractivity (Wildman–Crippen MR) is 112 cm³/mol. The normalized spacial score (nSPS) is 11.1. The fourth-order valence-corrected chi connectivity index (χ4v) is 3.09. The van der Waals surface area contributed by atoms with Gasteiger partial charge in [0, 0.05) is 22.9 Å². The maximum atomic E-state index is 12.7. The zero-order valence-electron chi connectivity index (χ0n) is 16.5. The molecule has 0 bridgehead atoms. The van der Waals surface area contributed by atoms with Crippen LogP contribution in [-0.4, -0.2) is 18.0 Å². The van der Waals surface area contributed by atoms with Crippen LogP contribution >= 0.6 is 0 Å². The third-order valence-corrected chi connectivity index (χ3v) is 4.51. The van der Waals surface area contributed by atoms with Crippen molar-refractivity contribution in [1.29, 1.82) is 0 Å². The van der Waals surface area contributed by atoms with E-state index >= 15 is 0 Å². The summed E-state index contributed by atoms with van der Waals surface area (Å²) < 4.78 is 5.66. The van der Waals surface area contributed by atoms with Crippen LogP contribution in [0.25, 0.3) is 11.1 Å². The van der Waals surface area contributed by atoms with Gasteiger partial charge in [0.25, 0.3) is 11.5 Å². The molecule has 0 fully saturated rings. The minimum Gasteiger partial charge on any atom is -0.494 e. The van der Waals surface area contributed by atoms with Crippen LogP contribution in [0.15, 0.2) is 65.6 Å². The molecule has 0 aliphatic heterocycles. The van der Waals surface area contributed by atoms with Gasteiger partial charge in [0.05, 0.1) is 12.8 Å². The Balaban J connectivity index is 2.17. The van der Waals surface area contributed by atoms with Crippen molar-refractivity contribution >= 4 is 11.6 Å². The monoisotopic (exact) mass is 376 g/mol. The smallest absolute Gasteiger partial charge is 0.255 e. The van der Waals surface area contributed by atoms with Crippen LogP contribution < -0.4 is 15.6 Å². The minimum absolute atomic E-state index is 0.187. The van der Waals surface area contributed by atoms with Gasteiger partial charge in [-0.1, -0.05) is 39.0 Å². The average molecular weight is 376 g/mol. The van der Waals surface area contributed by atoms with Crippen LogP contribution in [0.2, 0.25) is 0 Å². The lowest BCUT2D eigenvalue weighted by Gasteiger charge is -2.25. The molecule has 1 heterocycles. The number of H-pyrrole nitrogens is 1. The number of carbonyl (C=O) groups excluding carboxylic acids is 1. The van der Waals surface area contributed by atoms with E-state index in [2.05, 4.69) is 31.1 Å². The van der Waals surface area contributed by atoms with Crippen LogP contribution in [0.5, 0.6) is 5.75 Å². The number of carbonyl (C=O) groups is 1. The summed E-state index contributed by atoms with van der Waals surface area (Å²) in [4.78, 5) is 27.7. The van der Waals surface area contributed by atoms with Crippen molar-refractivity contribution in [3.63, 3.8) is 0 Å². The number of benzene rings is 2. The van der Waals surface area contributed by atoms with E-state index in [-0.39, 0.29) is 16.9 Å². The molecule has 1 aromatic heterocycles. The summed E-state index contributed by atoms with van der Waals surface area (Å²) in [7, 11) is 1.58. The highest BCUT2D eigenvalue weighted by Crippen LogP contribution is 2.40. The van der Waals surface area contributed by atoms with E-state index in [0.29, 0.717) is 22.6 Å². The maximum absolute atomic E-state index is 12.7. The molecule has 144 valence electrons. The van der Waals surface area contributed by atoms with Crippen LogP contribution in [0.1, 0.15) is 36.7 Å². The van der Waals surface area contributed by atoms with Gasteiger partial charge < -0.3 is 15.0 Å². The highest BCUT2D eigenvalue weighted by Gasteiger charge is 2.24. The SMILES string of the molecule is COc1c(NC(=O)c2ccccc2)cc(-c2ccc[nH]c2=O)cc1C(C)(C)C. The van der Waals surface area contributed by atoms with Crippen molar-refractivity contribution < 1.29 is 9.53 Å². The molecule has 0 atom stereocenters. The molecule has 3 aromatic rings. The van der Waals surface area contributed by atoms with E-state index in [0.717, 1.165) is 11.1 Å². The standard InChI is InChI=1S/C23H24N2O3/c1-23(2,3)18-13-16(17-11-8-12-24-22(17)27)14-19(20(18)28-4)25-21(26)15-9-6-5-7-10-15/h5-14H,1-4H3,(H,24,27)(H,25,26). The van der Waals surface area contributed by atoms with Crippen molar-refractivity contribution in [3.8, 4) is 16.9 Å². The molecule has 2 aromatic carbocycles. The van der Waals surface area contributed by atoms with E-state index in [1.165, 1.54) is 0 Å². The number of aromatic nitrogens is 1. The summed E-state index contributed by atoms with van der Waals surface area (Å²) in [6.07, 6.45) is 1.60. The van der Waals surface area contributed by atoms with Gasteiger partial charge in [0.2, 0.25) is 0 Å². The minimum atomic E-state index is -0.255. The van der Waals surface area contributed by atoms with E-state index in [9.17, 15) is 9.59 Å². The molecule has 28 heavy (non-hydrogen) atoms. The number of methoxy groups -OCH3 is 1. The number of pyridine rings is 1. The quantitative estimate of drug-likeness (QED) is 0.699. The second kappa shape index (κ2) is 7.72. The molecule has 2 N–H and O–H groups in total. The second-order valence-electron chi connectivity index (χ2n) is 7.59. The van der Waals surface area contributed by atoms with Gasteiger partial charge in [-0.15, -0.1) is 0 Å². The molecule has 0 aliphatic carbocycles. The Kier molecular flexibility index (Phi) is 5.36. The van der Waals surface area contributed by atoms with Crippen LogP contribution in [-0.2, 0) is 5.41 Å². The zero-order chi connectivity index (χ0) is 20.3. The molecule has 0 saturated carbocycles. The van der Waals surface area contributed by atoms with Crippen LogP contribution in [0.4, 0.5) is 5.69 Å². The van der Waals surface area contributed by atoms with Gasteiger partial charge in [-0.3, -0.25) is 9.59 Å². The summed E-state index contributed by atoms with van der Waals surface area (Å²) in [5, 5.41) is 2.94. The lowest BCUT2D eigenvalue weighted by molar-refractivity contribution is 0.102. The fraction of sp³-hybridized carbons (Fsp3) is 0.217. The van der Waals surface area contributed by atoms with E-state index < -0.39 is 0 Å². The molecule has 0 spiro atoms. The number of hydrogen-bond acceptors (Lipinski definition) is 3. The first-order valence-corrected chi connectivity index (χ1v) is 9.08. The third kappa shape index (κ3) is 3.98. The van der Waals surface area contributed by atoms with Crippen molar-refractivity contribution in [2.24, 2.45) is 0 Å². The number of hydrogen-bond donors (Lipinski definition) is 2. The molecule has 0 radical (unpaired) electrons. The molecular weight excluding hydrogens is 352 g/mol. The van der Waals surface area contributed by atoms with E-state index in [4.69, 9.17) is 4.74 Å². The van der Waals surface area contributed by atoms with Gasteiger partial charge in [0.1, 0.15) is 5.75 Å². The molecular formula is C23H24N2O3. The maximum Gasteiger partial charge on any atom is 0.255 e. The molecule has 5 heteroatoms. The van der Waals surface area contributed by atoms with Crippen LogP contribution in [0.3, 0.4) is 0 Å². The summed E-state index contributed by atoms with van der Waals surface area (Å²) in [5.74, 6) is 0.353. The largest absolute Gasteiger partial charge is 0.494 e. The lowest BCUT2D eigenvalue weighted by Crippen LogP contribution is -2.18. The van der Waals surface area contributed by atoms with Crippen LogP contribution in [0, 0.1) is 0 Å². The van der Waals surface area contributed by atoms with Crippen molar-refractivity contribution in [3.05, 3.63) is 82.3 Å². The highest BCUT2D eigenvalue weighted by molar-refractivity contribution is 6.05. The molecule has 0 aliphatic rings. The number of nitrogens with one attached hydrogen (secondary N) is 2. The first kappa shape index (κ1) is 19.4. The van der Waals surface area contributed by atoms with Gasteiger partial charge in [-0.25, -0.2) is 0 Å². The second-order valence-corrected chi connectivity index (χ2v) is 7.59. The van der Waals surface area contributed by atoms with Gasteiger partial charge in [0.15, 0.2) is 0 Å². The van der Waals surface area contributed by atoms with Crippen molar-refractivity contribution in [2.45, 2.75) is 26.2 Å². The van der Waals surface area contributed by atoms with E-state index in [1.54, 1.807) is 43.6 Å². The van der Waals surface area contributed by atoms with Crippen molar-refractivity contribution in [1.82, 2.24) is 4.98 Å². The lowest BCUT2D eigenvalue weighted by atomic mass is 9.84. The summed E-state index contributed by atoms with van der Waals surface area (Å²) in [6.45, 7) is 6.19. The number of amides is 1. The number of anilines is 1. The first-order valence-electron chi connectivity index (χ1n) is 9.08. The van der Waals surface area contributed by atoms with Gasteiger partial charge in [-0.2, -0.15) is 0 Å². The third-order valence-electron chi connectivity index (χ3n) is 4.51. The molecule has 5 nitrogen and oxygen atoms in total. The Morgan fingerprint density at radius 2 is 1.75 bits per heavy atom. The van der Waals surface area contributed by atoms with Gasteiger partial charge >= 0.3 is 0 Å². The number of rotatable bonds is 4. The number of aromatic amines is 1. The Labute approximate surface area is 164 Å². The van der Waals surface area contributed by atoms with Gasteiger partial charge in [-0.05, 0) is 47.4 Å². The molecule has 1 amide bonds.